The molecule has 4 nitrogen and oxygen atoms in total. The van der Waals surface area contributed by atoms with Crippen molar-refractivity contribution in [1.82, 2.24) is 0 Å². The van der Waals surface area contributed by atoms with Gasteiger partial charge in [0.05, 0.1) is 13.2 Å². The van der Waals surface area contributed by atoms with Crippen LogP contribution >= 0.6 is 0 Å². The molecule has 1 N–H and O–H groups in total. The summed E-state index contributed by atoms with van der Waals surface area (Å²) in [4.78, 5) is 14.0. The number of phenols is 1. The van der Waals surface area contributed by atoms with Crippen molar-refractivity contribution >= 4 is 11.6 Å². The van der Waals surface area contributed by atoms with Gasteiger partial charge in [-0.3, -0.25) is 4.79 Å². The van der Waals surface area contributed by atoms with Crippen LogP contribution < -0.4 is 4.90 Å². The van der Waals surface area contributed by atoms with E-state index in [0.29, 0.717) is 18.8 Å². The number of fused-ring (bicyclic) bond motifs is 1. The molecule has 102 valence electrons. The summed E-state index contributed by atoms with van der Waals surface area (Å²) in [6.45, 7) is 1.19. The fraction of sp³-hybridized carbons (Fsp3) is 0.188. The van der Waals surface area contributed by atoms with Gasteiger partial charge in [-0.25, -0.2) is 0 Å². The third-order valence-corrected chi connectivity index (χ3v) is 3.51. The number of carbonyl (C=O) groups excluding carboxylic acids is 1. The molecule has 1 aliphatic heterocycles. The first kappa shape index (κ1) is 12.7. The van der Waals surface area contributed by atoms with Crippen LogP contribution in [0.3, 0.4) is 0 Å². The molecular formula is C16H15NO3. The normalized spacial score (nSPS) is 13.1. The lowest BCUT2D eigenvalue weighted by Gasteiger charge is -2.17. The maximum atomic E-state index is 12.5. The lowest BCUT2D eigenvalue weighted by molar-refractivity contribution is 0.0993. The molecule has 0 aromatic heterocycles. The van der Waals surface area contributed by atoms with Gasteiger partial charge in [-0.2, -0.15) is 0 Å². The Kier molecular flexibility index (Phi) is 3.16. The van der Waals surface area contributed by atoms with Gasteiger partial charge in [0.1, 0.15) is 5.75 Å². The van der Waals surface area contributed by atoms with Gasteiger partial charge in [-0.05, 0) is 47.5 Å². The first-order chi connectivity index (χ1) is 9.65. The number of anilines is 1. The fourth-order valence-electron chi connectivity index (χ4n) is 2.29. The standard InChI is InChI=1S/C16H15NO3/c1-17(14-4-6-15(18)7-5-14)16(19)11-2-3-12-9-20-10-13(12)8-11/h2-8,18H,9-10H2,1H3. The zero-order valence-corrected chi connectivity index (χ0v) is 11.2. The molecular weight excluding hydrogens is 254 g/mol. The highest BCUT2D eigenvalue weighted by Gasteiger charge is 2.17. The summed E-state index contributed by atoms with van der Waals surface area (Å²) in [5, 5.41) is 9.28. The van der Waals surface area contributed by atoms with Crippen molar-refractivity contribution in [1.29, 1.82) is 0 Å². The van der Waals surface area contributed by atoms with Crippen molar-refractivity contribution in [2.24, 2.45) is 0 Å². The monoisotopic (exact) mass is 269 g/mol. The number of aromatic hydroxyl groups is 1. The maximum Gasteiger partial charge on any atom is 0.258 e. The summed E-state index contributed by atoms with van der Waals surface area (Å²) in [6.07, 6.45) is 0. The minimum Gasteiger partial charge on any atom is -0.508 e. The molecule has 2 aromatic carbocycles. The SMILES string of the molecule is CN(C(=O)c1ccc2c(c1)COC2)c1ccc(O)cc1. The molecule has 4 heteroatoms. The summed E-state index contributed by atoms with van der Waals surface area (Å²) in [7, 11) is 1.72. The van der Waals surface area contributed by atoms with E-state index in [2.05, 4.69) is 0 Å². The Hall–Kier alpha value is -2.33. The van der Waals surface area contributed by atoms with Gasteiger partial charge in [0.25, 0.3) is 5.91 Å². The number of benzene rings is 2. The molecule has 0 bridgehead atoms. The number of hydrogen-bond acceptors (Lipinski definition) is 3. The van der Waals surface area contributed by atoms with Crippen molar-refractivity contribution in [3.05, 3.63) is 59.2 Å². The first-order valence-corrected chi connectivity index (χ1v) is 6.42. The number of hydrogen-bond donors (Lipinski definition) is 1. The largest absolute Gasteiger partial charge is 0.508 e. The Labute approximate surface area is 117 Å². The maximum absolute atomic E-state index is 12.5. The molecule has 0 fully saturated rings. The van der Waals surface area contributed by atoms with E-state index in [9.17, 15) is 9.90 Å². The van der Waals surface area contributed by atoms with E-state index < -0.39 is 0 Å². The quantitative estimate of drug-likeness (QED) is 0.912. The Morgan fingerprint density at radius 2 is 1.80 bits per heavy atom. The Morgan fingerprint density at radius 3 is 2.55 bits per heavy atom. The molecule has 0 spiro atoms. The minimum absolute atomic E-state index is 0.0783. The average molecular weight is 269 g/mol. The number of ether oxygens (including phenoxy) is 1. The van der Waals surface area contributed by atoms with Crippen LogP contribution in [0.15, 0.2) is 42.5 Å². The second-order valence-electron chi connectivity index (χ2n) is 4.86. The Balaban J connectivity index is 1.86. The van der Waals surface area contributed by atoms with Crippen molar-refractivity contribution < 1.29 is 14.6 Å². The van der Waals surface area contributed by atoms with Gasteiger partial charge in [-0.15, -0.1) is 0 Å². The number of amides is 1. The smallest absolute Gasteiger partial charge is 0.258 e. The average Bonchev–Trinajstić information content (AvgIpc) is 2.94. The van der Waals surface area contributed by atoms with Gasteiger partial charge in [0.2, 0.25) is 0 Å². The molecule has 1 amide bonds. The Morgan fingerprint density at radius 1 is 1.10 bits per heavy atom. The summed E-state index contributed by atoms with van der Waals surface area (Å²) in [5.74, 6) is 0.106. The molecule has 1 aliphatic rings. The van der Waals surface area contributed by atoms with Crippen molar-refractivity contribution in [2.75, 3.05) is 11.9 Å². The second-order valence-corrected chi connectivity index (χ2v) is 4.86. The number of nitrogens with zero attached hydrogens (tertiary/aromatic N) is 1. The lowest BCUT2D eigenvalue weighted by atomic mass is 10.1. The van der Waals surface area contributed by atoms with Crippen LogP contribution in [-0.2, 0) is 18.0 Å². The van der Waals surface area contributed by atoms with Crippen molar-refractivity contribution in [3.63, 3.8) is 0 Å². The highest BCUT2D eigenvalue weighted by molar-refractivity contribution is 6.05. The van der Waals surface area contributed by atoms with Gasteiger partial charge in [0.15, 0.2) is 0 Å². The van der Waals surface area contributed by atoms with Gasteiger partial charge in [-0.1, -0.05) is 6.07 Å². The highest BCUT2D eigenvalue weighted by atomic mass is 16.5. The molecule has 0 unspecified atom stereocenters. The molecule has 0 atom stereocenters. The minimum atomic E-state index is -0.0783. The van der Waals surface area contributed by atoms with E-state index in [1.165, 1.54) is 0 Å². The Bertz CT molecular complexity index is 649. The van der Waals surface area contributed by atoms with Crippen LogP contribution in [-0.4, -0.2) is 18.1 Å². The van der Waals surface area contributed by atoms with Crippen LogP contribution in [0.4, 0.5) is 5.69 Å². The van der Waals surface area contributed by atoms with E-state index in [1.807, 2.05) is 18.2 Å². The van der Waals surface area contributed by atoms with Crippen molar-refractivity contribution in [3.8, 4) is 5.75 Å². The molecule has 1 heterocycles. The molecule has 3 rings (SSSR count). The predicted molar refractivity (Wildman–Crippen MR) is 75.8 cm³/mol. The first-order valence-electron chi connectivity index (χ1n) is 6.42. The topological polar surface area (TPSA) is 49.8 Å². The van der Waals surface area contributed by atoms with E-state index in [0.717, 1.165) is 16.8 Å². The number of carbonyl (C=O) groups is 1. The van der Waals surface area contributed by atoms with Crippen LogP contribution in [0.1, 0.15) is 21.5 Å². The lowest BCUT2D eigenvalue weighted by Crippen LogP contribution is -2.26. The van der Waals surface area contributed by atoms with Crippen LogP contribution in [0.25, 0.3) is 0 Å². The van der Waals surface area contributed by atoms with Crippen LogP contribution in [0.2, 0.25) is 0 Å². The summed E-state index contributed by atoms with van der Waals surface area (Å²) in [5.41, 5.74) is 3.61. The molecule has 2 aromatic rings. The number of phenolic OH excluding ortho intramolecular Hbond substituents is 1. The number of rotatable bonds is 2. The second kappa shape index (κ2) is 4.98. The third-order valence-electron chi connectivity index (χ3n) is 3.51. The molecule has 0 radical (unpaired) electrons. The van der Waals surface area contributed by atoms with Gasteiger partial charge >= 0.3 is 0 Å². The summed E-state index contributed by atoms with van der Waals surface area (Å²) < 4.78 is 5.36. The molecule has 0 saturated carbocycles. The van der Waals surface area contributed by atoms with Crippen LogP contribution in [0, 0.1) is 0 Å². The van der Waals surface area contributed by atoms with E-state index in [-0.39, 0.29) is 11.7 Å². The van der Waals surface area contributed by atoms with E-state index in [4.69, 9.17) is 4.74 Å². The molecule has 0 saturated heterocycles. The zero-order chi connectivity index (χ0) is 14.1. The predicted octanol–water partition coefficient (Wildman–Crippen LogP) is 2.70. The van der Waals surface area contributed by atoms with E-state index in [1.54, 1.807) is 36.2 Å². The zero-order valence-electron chi connectivity index (χ0n) is 11.2. The molecule has 0 aliphatic carbocycles. The van der Waals surface area contributed by atoms with Crippen molar-refractivity contribution in [2.45, 2.75) is 13.2 Å². The third kappa shape index (κ3) is 2.26. The van der Waals surface area contributed by atoms with Gasteiger partial charge in [0, 0.05) is 18.3 Å². The summed E-state index contributed by atoms with van der Waals surface area (Å²) in [6, 6.07) is 12.2. The molecule has 20 heavy (non-hydrogen) atoms. The fourth-order valence-corrected chi connectivity index (χ4v) is 2.29. The van der Waals surface area contributed by atoms with Gasteiger partial charge < -0.3 is 14.7 Å². The summed E-state index contributed by atoms with van der Waals surface area (Å²) >= 11 is 0. The highest BCUT2D eigenvalue weighted by Crippen LogP contribution is 2.23. The van der Waals surface area contributed by atoms with Crippen LogP contribution in [0.5, 0.6) is 5.75 Å². The van der Waals surface area contributed by atoms with E-state index >= 15 is 0 Å².